The van der Waals surface area contributed by atoms with E-state index in [1.807, 2.05) is 13.8 Å². The molecule has 0 fully saturated rings. The second-order valence-electron chi connectivity index (χ2n) is 5.10. The molecular formula is C14H13N5O3S. The van der Waals surface area contributed by atoms with Gasteiger partial charge in [-0.15, -0.1) is 0 Å². The van der Waals surface area contributed by atoms with Crippen molar-refractivity contribution in [3.63, 3.8) is 0 Å². The van der Waals surface area contributed by atoms with Crippen LogP contribution >= 0.6 is 11.8 Å². The van der Waals surface area contributed by atoms with Gasteiger partial charge in [-0.2, -0.15) is 5.10 Å². The van der Waals surface area contributed by atoms with Crippen LogP contribution in [0.15, 0.2) is 40.4 Å². The number of aromatic amines is 1. The predicted molar refractivity (Wildman–Crippen MR) is 87.1 cm³/mol. The summed E-state index contributed by atoms with van der Waals surface area (Å²) < 4.78 is 1.50. The third kappa shape index (κ3) is 2.95. The van der Waals surface area contributed by atoms with Gasteiger partial charge < -0.3 is 4.98 Å². The molecule has 0 bridgehead atoms. The quantitative estimate of drug-likeness (QED) is 0.341. The number of fused-ring (bicyclic) bond motifs is 1. The highest BCUT2D eigenvalue weighted by Crippen LogP contribution is 2.21. The Morgan fingerprint density at radius 3 is 2.61 bits per heavy atom. The minimum atomic E-state index is -0.467. The van der Waals surface area contributed by atoms with Crippen molar-refractivity contribution < 1.29 is 4.92 Å². The molecule has 0 aliphatic carbocycles. The Morgan fingerprint density at radius 1 is 1.30 bits per heavy atom. The summed E-state index contributed by atoms with van der Waals surface area (Å²) in [6, 6.07) is 5.92. The fourth-order valence-corrected chi connectivity index (χ4v) is 2.82. The maximum absolute atomic E-state index is 12.1. The summed E-state index contributed by atoms with van der Waals surface area (Å²) >= 11 is 1.44. The van der Waals surface area contributed by atoms with Gasteiger partial charge >= 0.3 is 0 Å². The number of nitro benzene ring substituents is 1. The smallest absolute Gasteiger partial charge is 0.269 e. The maximum Gasteiger partial charge on any atom is 0.269 e. The Morgan fingerprint density at radius 2 is 2.00 bits per heavy atom. The van der Waals surface area contributed by atoms with Crippen LogP contribution in [0, 0.1) is 10.1 Å². The van der Waals surface area contributed by atoms with Gasteiger partial charge in [0.2, 0.25) is 0 Å². The van der Waals surface area contributed by atoms with E-state index in [2.05, 4.69) is 15.1 Å². The molecule has 8 nitrogen and oxygen atoms in total. The number of nitro groups is 1. The van der Waals surface area contributed by atoms with Crippen molar-refractivity contribution in [1.29, 1.82) is 0 Å². The molecular weight excluding hydrogens is 318 g/mol. The van der Waals surface area contributed by atoms with Crippen LogP contribution in [0.2, 0.25) is 0 Å². The van der Waals surface area contributed by atoms with Gasteiger partial charge in [0.15, 0.2) is 10.8 Å². The molecule has 0 amide bonds. The van der Waals surface area contributed by atoms with E-state index in [-0.39, 0.29) is 16.5 Å². The van der Waals surface area contributed by atoms with Gasteiger partial charge in [0, 0.05) is 17.4 Å². The Hall–Kier alpha value is -2.68. The third-order valence-electron chi connectivity index (χ3n) is 3.07. The first kappa shape index (κ1) is 15.2. The number of aromatic nitrogens is 4. The van der Waals surface area contributed by atoms with E-state index < -0.39 is 4.92 Å². The van der Waals surface area contributed by atoms with Gasteiger partial charge in [-0.3, -0.25) is 14.9 Å². The normalized spacial score (nSPS) is 11.3. The highest BCUT2D eigenvalue weighted by Gasteiger charge is 2.13. The van der Waals surface area contributed by atoms with Gasteiger partial charge in [0.05, 0.1) is 16.8 Å². The standard InChI is InChI=1S/C14H13N5O3S/c1-8(2)23-14-16-12-11(13(20)17-14)7-15-18(12)9-3-5-10(6-4-9)19(21)22/h3-8H,1-2H3,(H,16,17,20). The van der Waals surface area contributed by atoms with Gasteiger partial charge in [-0.1, -0.05) is 25.6 Å². The molecule has 3 rings (SSSR count). The summed E-state index contributed by atoms with van der Waals surface area (Å²) in [7, 11) is 0. The average Bonchev–Trinajstić information content (AvgIpc) is 2.91. The number of hydrogen-bond donors (Lipinski definition) is 1. The van der Waals surface area contributed by atoms with Crippen LogP contribution in [0.25, 0.3) is 16.7 Å². The lowest BCUT2D eigenvalue weighted by molar-refractivity contribution is -0.384. The van der Waals surface area contributed by atoms with Gasteiger partial charge in [0.25, 0.3) is 11.2 Å². The van der Waals surface area contributed by atoms with Crippen LogP contribution in [0.5, 0.6) is 0 Å². The molecule has 0 saturated heterocycles. The van der Waals surface area contributed by atoms with E-state index in [0.29, 0.717) is 21.9 Å². The van der Waals surface area contributed by atoms with Crippen LogP contribution in [0.1, 0.15) is 13.8 Å². The zero-order valence-corrected chi connectivity index (χ0v) is 13.2. The molecule has 0 spiro atoms. The van der Waals surface area contributed by atoms with Gasteiger partial charge in [-0.05, 0) is 12.1 Å². The number of non-ortho nitro benzene ring substituents is 1. The topological polar surface area (TPSA) is 107 Å². The molecule has 1 N–H and O–H groups in total. The van der Waals surface area contributed by atoms with E-state index in [9.17, 15) is 14.9 Å². The fraction of sp³-hybridized carbons (Fsp3) is 0.214. The predicted octanol–water partition coefficient (Wildman–Crippen LogP) is 2.52. The molecule has 0 radical (unpaired) electrons. The van der Waals surface area contributed by atoms with Crippen molar-refractivity contribution in [3.05, 3.63) is 50.9 Å². The van der Waals surface area contributed by atoms with Crippen molar-refractivity contribution in [1.82, 2.24) is 19.7 Å². The lowest BCUT2D eigenvalue weighted by Gasteiger charge is -2.05. The number of hydrogen-bond acceptors (Lipinski definition) is 6. The third-order valence-corrected chi connectivity index (χ3v) is 3.96. The molecule has 118 valence electrons. The molecule has 1 aromatic carbocycles. The minimum absolute atomic E-state index is 0.00734. The molecule has 23 heavy (non-hydrogen) atoms. The highest BCUT2D eigenvalue weighted by molar-refractivity contribution is 7.99. The van der Waals surface area contributed by atoms with Crippen molar-refractivity contribution in [2.24, 2.45) is 0 Å². The molecule has 0 aliphatic rings. The zero-order chi connectivity index (χ0) is 16.6. The molecule has 0 aliphatic heterocycles. The summed E-state index contributed by atoms with van der Waals surface area (Å²) in [5, 5.41) is 16.1. The molecule has 2 heterocycles. The summed E-state index contributed by atoms with van der Waals surface area (Å²) in [4.78, 5) is 29.5. The number of nitrogens with one attached hydrogen (secondary N) is 1. The lowest BCUT2D eigenvalue weighted by Crippen LogP contribution is -2.10. The van der Waals surface area contributed by atoms with Crippen LogP contribution in [0.3, 0.4) is 0 Å². The molecule has 0 saturated carbocycles. The maximum atomic E-state index is 12.1. The number of benzene rings is 1. The van der Waals surface area contributed by atoms with Crippen LogP contribution in [-0.4, -0.2) is 29.9 Å². The minimum Gasteiger partial charge on any atom is -0.301 e. The van der Waals surface area contributed by atoms with E-state index in [1.54, 1.807) is 12.1 Å². The molecule has 3 aromatic rings. The van der Waals surface area contributed by atoms with Crippen molar-refractivity contribution in [3.8, 4) is 5.69 Å². The van der Waals surface area contributed by atoms with Crippen molar-refractivity contribution >= 4 is 28.5 Å². The Kier molecular flexibility index (Phi) is 3.87. The molecule has 0 unspecified atom stereocenters. The van der Waals surface area contributed by atoms with E-state index in [1.165, 1.54) is 34.8 Å². The lowest BCUT2D eigenvalue weighted by atomic mass is 10.3. The Labute approximate surface area is 134 Å². The number of thioether (sulfide) groups is 1. The average molecular weight is 331 g/mol. The first-order chi connectivity index (χ1) is 11.0. The molecule has 9 heteroatoms. The first-order valence-corrected chi connectivity index (χ1v) is 7.73. The summed E-state index contributed by atoms with van der Waals surface area (Å²) in [5.74, 6) is 0. The van der Waals surface area contributed by atoms with Crippen LogP contribution in [-0.2, 0) is 0 Å². The summed E-state index contributed by atoms with van der Waals surface area (Å²) in [6.45, 7) is 4.00. The first-order valence-electron chi connectivity index (χ1n) is 6.85. The Bertz CT molecular complexity index is 930. The van der Waals surface area contributed by atoms with Crippen molar-refractivity contribution in [2.75, 3.05) is 0 Å². The van der Waals surface area contributed by atoms with Gasteiger partial charge in [-0.25, -0.2) is 9.67 Å². The van der Waals surface area contributed by atoms with E-state index >= 15 is 0 Å². The fourth-order valence-electron chi connectivity index (χ4n) is 2.08. The number of rotatable bonds is 4. The van der Waals surface area contributed by atoms with E-state index in [0.717, 1.165) is 0 Å². The van der Waals surface area contributed by atoms with Crippen molar-refractivity contribution in [2.45, 2.75) is 24.3 Å². The Balaban J connectivity index is 2.12. The SMILES string of the molecule is CC(C)Sc1nc2c(cnn2-c2ccc([N+](=O)[O-])cc2)c(=O)[nH]1. The second kappa shape index (κ2) is 5.84. The number of nitrogens with zero attached hydrogens (tertiary/aromatic N) is 4. The zero-order valence-electron chi connectivity index (χ0n) is 12.4. The monoisotopic (exact) mass is 331 g/mol. The number of H-pyrrole nitrogens is 1. The summed E-state index contributed by atoms with van der Waals surface area (Å²) in [6.07, 6.45) is 1.44. The highest BCUT2D eigenvalue weighted by atomic mass is 32.2. The van der Waals surface area contributed by atoms with Crippen LogP contribution < -0.4 is 5.56 Å². The summed E-state index contributed by atoms with van der Waals surface area (Å²) in [5.41, 5.74) is 0.758. The van der Waals surface area contributed by atoms with E-state index in [4.69, 9.17) is 0 Å². The second-order valence-corrected chi connectivity index (χ2v) is 6.67. The van der Waals surface area contributed by atoms with Crippen LogP contribution in [0.4, 0.5) is 5.69 Å². The molecule has 0 atom stereocenters. The van der Waals surface area contributed by atoms with Gasteiger partial charge in [0.1, 0.15) is 5.39 Å². The molecule has 2 aromatic heterocycles. The largest absolute Gasteiger partial charge is 0.301 e.